The fourth-order valence-electron chi connectivity index (χ4n) is 4.48. The molecule has 0 spiro atoms. The van der Waals surface area contributed by atoms with Crippen molar-refractivity contribution < 1.29 is 4.74 Å². The van der Waals surface area contributed by atoms with E-state index in [1.807, 2.05) is 7.11 Å². The highest BCUT2D eigenvalue weighted by Crippen LogP contribution is 2.55. The minimum absolute atomic E-state index is 0.222. The quantitative estimate of drug-likeness (QED) is 0.743. The van der Waals surface area contributed by atoms with Crippen molar-refractivity contribution in [2.75, 3.05) is 7.11 Å². The molecule has 2 aromatic rings. The number of para-hydroxylation sites is 1. The molecule has 19 heavy (non-hydrogen) atoms. The summed E-state index contributed by atoms with van der Waals surface area (Å²) in [4.78, 5) is 0. The summed E-state index contributed by atoms with van der Waals surface area (Å²) in [6, 6.07) is 11.1. The molecule has 0 amide bonds. The fourth-order valence-corrected chi connectivity index (χ4v) is 4.48. The molecule has 2 aliphatic rings. The maximum absolute atomic E-state index is 5.90. The highest BCUT2D eigenvalue weighted by Gasteiger charge is 2.51. The van der Waals surface area contributed by atoms with E-state index in [0.717, 1.165) is 0 Å². The number of rotatable bonds is 1. The number of methoxy groups -OCH3 is 1. The summed E-state index contributed by atoms with van der Waals surface area (Å²) in [5.41, 5.74) is 3.13. The first kappa shape index (κ1) is 11.5. The van der Waals surface area contributed by atoms with E-state index in [9.17, 15) is 0 Å². The number of hydrogen-bond acceptors (Lipinski definition) is 1. The van der Waals surface area contributed by atoms with Crippen LogP contribution in [0.3, 0.4) is 0 Å². The molecule has 0 unspecified atom stereocenters. The molecule has 3 atom stereocenters. The molecule has 1 aromatic carbocycles. The van der Waals surface area contributed by atoms with E-state index in [1.54, 1.807) is 0 Å². The molecule has 0 saturated heterocycles. The first-order valence-corrected chi connectivity index (χ1v) is 7.39. The smallest absolute Gasteiger partial charge is 0.137 e. The molecule has 0 N–H and O–H groups in total. The summed E-state index contributed by atoms with van der Waals surface area (Å²) in [6.45, 7) is 2.44. The second-order valence-corrected chi connectivity index (χ2v) is 6.35. The average molecular weight is 255 g/mol. The van der Waals surface area contributed by atoms with Crippen molar-refractivity contribution in [3.05, 3.63) is 36.0 Å². The third-order valence-corrected chi connectivity index (χ3v) is 5.45. The van der Waals surface area contributed by atoms with Gasteiger partial charge >= 0.3 is 0 Å². The molecule has 1 fully saturated rings. The lowest BCUT2D eigenvalue weighted by atomic mass is 9.67. The van der Waals surface area contributed by atoms with Crippen molar-refractivity contribution in [2.24, 2.45) is 5.92 Å². The zero-order chi connectivity index (χ0) is 13.0. The van der Waals surface area contributed by atoms with Crippen LogP contribution in [0.5, 0.6) is 0 Å². The summed E-state index contributed by atoms with van der Waals surface area (Å²) in [6.07, 6.45) is 5.52. The summed E-state index contributed by atoms with van der Waals surface area (Å²) in [5.74, 6) is 0.644. The molecule has 0 bridgehead atoms. The van der Waals surface area contributed by atoms with E-state index >= 15 is 0 Å². The molecule has 4 rings (SSSR count). The van der Waals surface area contributed by atoms with Crippen molar-refractivity contribution in [3.63, 3.8) is 0 Å². The number of benzene rings is 1. The summed E-state index contributed by atoms with van der Waals surface area (Å²) in [7, 11) is 1.86. The number of ether oxygens (including phenoxy) is 1. The Morgan fingerprint density at radius 2 is 2.11 bits per heavy atom. The van der Waals surface area contributed by atoms with E-state index in [0.29, 0.717) is 11.3 Å². The van der Waals surface area contributed by atoms with Crippen LogP contribution in [-0.4, -0.2) is 11.7 Å². The molecule has 2 nitrogen and oxygen atoms in total. The Morgan fingerprint density at radius 3 is 2.95 bits per heavy atom. The van der Waals surface area contributed by atoms with Gasteiger partial charge < -0.3 is 9.30 Å². The van der Waals surface area contributed by atoms with Crippen LogP contribution in [-0.2, 0) is 10.2 Å². The number of aromatic nitrogens is 1. The third-order valence-electron chi connectivity index (χ3n) is 5.45. The average Bonchev–Trinajstić information content (AvgIpc) is 2.92. The van der Waals surface area contributed by atoms with Gasteiger partial charge in [0.1, 0.15) is 6.23 Å². The van der Waals surface area contributed by atoms with Gasteiger partial charge in [0.05, 0.1) is 5.52 Å². The van der Waals surface area contributed by atoms with E-state index in [-0.39, 0.29) is 6.23 Å². The molecule has 1 aromatic heterocycles. The predicted molar refractivity (Wildman–Crippen MR) is 77.3 cm³/mol. The highest BCUT2D eigenvalue weighted by atomic mass is 16.5. The maximum atomic E-state index is 5.90. The van der Waals surface area contributed by atoms with E-state index < -0.39 is 0 Å². The van der Waals surface area contributed by atoms with E-state index in [2.05, 4.69) is 41.8 Å². The van der Waals surface area contributed by atoms with Crippen LogP contribution in [0.4, 0.5) is 0 Å². The molecule has 1 aliphatic heterocycles. The zero-order valence-corrected chi connectivity index (χ0v) is 11.7. The van der Waals surface area contributed by atoms with Crippen LogP contribution in [0.1, 0.15) is 44.5 Å². The minimum atomic E-state index is 0.222. The van der Waals surface area contributed by atoms with Crippen molar-refractivity contribution in [3.8, 4) is 0 Å². The van der Waals surface area contributed by atoms with Crippen LogP contribution in [0.2, 0.25) is 0 Å². The van der Waals surface area contributed by atoms with Crippen LogP contribution in [0, 0.1) is 5.92 Å². The molecule has 1 aliphatic carbocycles. The van der Waals surface area contributed by atoms with Gasteiger partial charge in [-0.15, -0.1) is 0 Å². The molecular weight excluding hydrogens is 234 g/mol. The standard InChI is InChI=1S/C17H21NO/c1-17-10-6-5-8-13(17)16(19-2)18-14-9-4-3-7-12(14)11-15(17)18/h3-4,7,9,11,13,16H,5-6,8,10H2,1-2H3/t13-,16-,17+/m1/s1. The van der Waals surface area contributed by atoms with Gasteiger partial charge in [0.15, 0.2) is 0 Å². The summed E-state index contributed by atoms with van der Waals surface area (Å²) >= 11 is 0. The van der Waals surface area contributed by atoms with Gasteiger partial charge in [0, 0.05) is 24.1 Å². The monoisotopic (exact) mass is 255 g/mol. The van der Waals surface area contributed by atoms with Crippen LogP contribution >= 0.6 is 0 Å². The van der Waals surface area contributed by atoms with E-state index in [4.69, 9.17) is 4.74 Å². The molecule has 0 radical (unpaired) electrons. The lowest BCUT2D eigenvalue weighted by Crippen LogP contribution is -2.33. The second-order valence-electron chi connectivity index (χ2n) is 6.35. The molecule has 2 heterocycles. The lowest BCUT2D eigenvalue weighted by molar-refractivity contribution is -0.0158. The molecule has 2 heteroatoms. The number of hydrogen-bond donors (Lipinski definition) is 0. The van der Waals surface area contributed by atoms with Gasteiger partial charge in [-0.1, -0.05) is 38.0 Å². The van der Waals surface area contributed by atoms with Crippen LogP contribution in [0.15, 0.2) is 30.3 Å². The predicted octanol–water partition coefficient (Wildman–Crippen LogP) is 4.25. The SMILES string of the molecule is CO[C@@H]1[C@H]2CCCC[C@]2(C)c2cc3ccccc3n21. The van der Waals surface area contributed by atoms with Gasteiger partial charge in [-0.2, -0.15) is 0 Å². The topological polar surface area (TPSA) is 14.2 Å². The first-order chi connectivity index (χ1) is 9.25. The number of nitrogens with zero attached hydrogens (tertiary/aromatic N) is 1. The van der Waals surface area contributed by atoms with Gasteiger partial charge in [0.2, 0.25) is 0 Å². The Balaban J connectivity index is 2.00. The first-order valence-electron chi connectivity index (χ1n) is 7.39. The number of fused-ring (bicyclic) bond motifs is 5. The largest absolute Gasteiger partial charge is 0.361 e. The summed E-state index contributed by atoms with van der Waals surface area (Å²) < 4.78 is 8.37. The molecular formula is C17H21NO. The minimum Gasteiger partial charge on any atom is -0.361 e. The summed E-state index contributed by atoms with van der Waals surface area (Å²) in [5, 5.41) is 1.35. The van der Waals surface area contributed by atoms with Gasteiger partial charge in [0.25, 0.3) is 0 Å². The van der Waals surface area contributed by atoms with Crippen molar-refractivity contribution in [2.45, 2.75) is 44.2 Å². The Kier molecular flexibility index (Phi) is 2.34. The fraction of sp³-hybridized carbons (Fsp3) is 0.529. The normalized spacial score (nSPS) is 33.4. The molecule has 100 valence electrons. The van der Waals surface area contributed by atoms with E-state index in [1.165, 1.54) is 42.3 Å². The Labute approximate surface area is 114 Å². The Bertz CT molecular complexity index is 629. The van der Waals surface area contributed by atoms with Crippen LogP contribution in [0.25, 0.3) is 10.9 Å². The van der Waals surface area contributed by atoms with Crippen molar-refractivity contribution in [1.29, 1.82) is 0 Å². The second kappa shape index (κ2) is 3.86. The lowest BCUT2D eigenvalue weighted by Gasteiger charge is -2.37. The zero-order valence-electron chi connectivity index (χ0n) is 11.7. The van der Waals surface area contributed by atoms with Crippen LogP contribution < -0.4 is 0 Å². The van der Waals surface area contributed by atoms with Gasteiger partial charge in [-0.3, -0.25) is 0 Å². The van der Waals surface area contributed by atoms with Gasteiger partial charge in [-0.25, -0.2) is 0 Å². The van der Waals surface area contributed by atoms with Gasteiger partial charge in [-0.05, 0) is 30.4 Å². The third kappa shape index (κ3) is 1.35. The maximum Gasteiger partial charge on any atom is 0.137 e. The van der Waals surface area contributed by atoms with Crippen molar-refractivity contribution >= 4 is 10.9 Å². The Hall–Kier alpha value is -1.28. The highest BCUT2D eigenvalue weighted by molar-refractivity contribution is 5.82. The Morgan fingerprint density at radius 1 is 1.26 bits per heavy atom. The van der Waals surface area contributed by atoms with Crippen molar-refractivity contribution in [1.82, 2.24) is 4.57 Å². The molecule has 1 saturated carbocycles.